The van der Waals surface area contributed by atoms with Crippen LogP contribution in [0.15, 0.2) is 35.3 Å². The van der Waals surface area contributed by atoms with Crippen molar-refractivity contribution in [2.75, 3.05) is 66.0 Å². The van der Waals surface area contributed by atoms with E-state index in [4.69, 9.17) is 4.99 Å². The molecule has 0 saturated carbocycles. The van der Waals surface area contributed by atoms with Crippen LogP contribution in [0.1, 0.15) is 32.3 Å². The Bertz CT molecular complexity index is 607. The third kappa shape index (κ3) is 8.35. The molecule has 0 aliphatic carbocycles. The van der Waals surface area contributed by atoms with Crippen molar-refractivity contribution in [2.24, 2.45) is 16.8 Å². The van der Waals surface area contributed by atoms with E-state index in [9.17, 15) is 0 Å². The molecule has 3 rings (SSSR count). The van der Waals surface area contributed by atoms with E-state index in [0.29, 0.717) is 5.92 Å². The molecule has 2 saturated heterocycles. The van der Waals surface area contributed by atoms with Crippen LogP contribution in [0, 0.1) is 11.8 Å². The second kappa shape index (κ2) is 13.5. The summed E-state index contributed by atoms with van der Waals surface area (Å²) in [4.78, 5) is 12.5. The molecule has 1 atom stereocenters. The number of rotatable bonds is 7. The van der Waals surface area contributed by atoms with E-state index in [-0.39, 0.29) is 24.0 Å². The lowest BCUT2D eigenvalue weighted by molar-refractivity contribution is 0.140. The second-order valence-electron chi connectivity index (χ2n) is 9.02. The Morgan fingerprint density at radius 1 is 1.07 bits per heavy atom. The molecule has 0 radical (unpaired) electrons. The number of likely N-dealkylation sites (N-methyl/N-ethyl adjacent to an activating group) is 1. The molecule has 5 nitrogen and oxygen atoms in total. The van der Waals surface area contributed by atoms with Gasteiger partial charge < -0.3 is 20.0 Å². The summed E-state index contributed by atoms with van der Waals surface area (Å²) in [7, 11) is 2.22. The molecule has 0 amide bonds. The first-order chi connectivity index (χ1) is 14.1. The van der Waals surface area contributed by atoms with Gasteiger partial charge in [0.25, 0.3) is 0 Å². The van der Waals surface area contributed by atoms with Crippen LogP contribution >= 0.6 is 24.0 Å². The van der Waals surface area contributed by atoms with Gasteiger partial charge in [0.15, 0.2) is 5.96 Å². The fourth-order valence-electron chi connectivity index (χ4n) is 4.49. The van der Waals surface area contributed by atoms with E-state index in [0.717, 1.165) is 44.6 Å². The molecule has 0 bridgehead atoms. The van der Waals surface area contributed by atoms with Crippen molar-refractivity contribution in [3.05, 3.63) is 35.9 Å². The Balaban J connectivity index is 0.00000320. The van der Waals surface area contributed by atoms with Crippen LogP contribution in [-0.4, -0.2) is 86.6 Å². The molecule has 1 N–H and O–H groups in total. The van der Waals surface area contributed by atoms with Gasteiger partial charge in [-0.25, -0.2) is 0 Å². The molecular weight excluding hydrogens is 485 g/mol. The summed E-state index contributed by atoms with van der Waals surface area (Å²) in [5.41, 5.74) is 1.48. The van der Waals surface area contributed by atoms with Crippen LogP contribution in [0.2, 0.25) is 0 Å². The average molecular weight is 528 g/mol. The summed E-state index contributed by atoms with van der Waals surface area (Å²) >= 11 is 0. The maximum atomic E-state index is 5.02. The Labute approximate surface area is 201 Å². The van der Waals surface area contributed by atoms with Crippen molar-refractivity contribution in [2.45, 2.75) is 33.1 Å². The van der Waals surface area contributed by atoms with Gasteiger partial charge in [0.05, 0.1) is 0 Å². The number of halogens is 1. The third-order valence-electron chi connectivity index (χ3n) is 6.33. The van der Waals surface area contributed by atoms with Gasteiger partial charge >= 0.3 is 0 Å². The maximum Gasteiger partial charge on any atom is 0.193 e. The van der Waals surface area contributed by atoms with Gasteiger partial charge in [0.2, 0.25) is 0 Å². The maximum absolute atomic E-state index is 5.02. The minimum Gasteiger partial charge on any atom is -0.357 e. The smallest absolute Gasteiger partial charge is 0.193 e. The van der Waals surface area contributed by atoms with Crippen LogP contribution < -0.4 is 5.32 Å². The first kappa shape index (κ1) is 25.4. The van der Waals surface area contributed by atoms with Crippen molar-refractivity contribution in [3.8, 4) is 0 Å². The lowest BCUT2D eigenvalue weighted by Crippen LogP contribution is -2.47. The molecule has 170 valence electrons. The van der Waals surface area contributed by atoms with Crippen LogP contribution in [0.4, 0.5) is 0 Å². The van der Waals surface area contributed by atoms with Crippen molar-refractivity contribution >= 4 is 29.9 Å². The second-order valence-corrected chi connectivity index (χ2v) is 9.02. The molecule has 30 heavy (non-hydrogen) atoms. The van der Waals surface area contributed by atoms with Crippen LogP contribution in [0.3, 0.4) is 0 Å². The minimum atomic E-state index is 0. The number of hydrogen-bond acceptors (Lipinski definition) is 3. The molecule has 2 fully saturated rings. The number of guanidine groups is 1. The summed E-state index contributed by atoms with van der Waals surface area (Å²) in [5.74, 6) is 2.52. The Kier molecular flexibility index (Phi) is 11.5. The zero-order valence-electron chi connectivity index (χ0n) is 19.2. The van der Waals surface area contributed by atoms with Crippen molar-refractivity contribution in [3.63, 3.8) is 0 Å². The summed E-state index contributed by atoms with van der Waals surface area (Å²) in [6.07, 6.45) is 3.73. The first-order valence-corrected chi connectivity index (χ1v) is 11.6. The predicted octanol–water partition coefficient (Wildman–Crippen LogP) is 3.41. The van der Waals surface area contributed by atoms with Gasteiger partial charge in [0.1, 0.15) is 0 Å². The third-order valence-corrected chi connectivity index (χ3v) is 6.33. The Morgan fingerprint density at radius 3 is 2.37 bits per heavy atom. The largest absolute Gasteiger partial charge is 0.357 e. The Morgan fingerprint density at radius 2 is 1.73 bits per heavy atom. The molecule has 6 heteroatoms. The van der Waals surface area contributed by atoms with Gasteiger partial charge in [-0.2, -0.15) is 0 Å². The molecule has 0 aromatic heterocycles. The molecule has 1 aromatic rings. The minimum absolute atomic E-state index is 0. The van der Waals surface area contributed by atoms with Gasteiger partial charge in [-0.05, 0) is 50.6 Å². The number of benzene rings is 1. The van der Waals surface area contributed by atoms with Crippen molar-refractivity contribution in [1.29, 1.82) is 0 Å². The lowest BCUT2D eigenvalue weighted by Gasteiger charge is -2.35. The molecule has 1 unspecified atom stereocenters. The zero-order chi connectivity index (χ0) is 20.5. The highest BCUT2D eigenvalue weighted by atomic mass is 127. The van der Waals surface area contributed by atoms with E-state index in [1.54, 1.807) is 0 Å². The fraction of sp³-hybridized carbons (Fsp3) is 0.708. The summed E-state index contributed by atoms with van der Waals surface area (Å²) < 4.78 is 0. The summed E-state index contributed by atoms with van der Waals surface area (Å²) in [5, 5.41) is 3.54. The van der Waals surface area contributed by atoms with E-state index < -0.39 is 0 Å². The van der Waals surface area contributed by atoms with E-state index in [2.05, 4.69) is 71.2 Å². The number of hydrogen-bond donors (Lipinski definition) is 1. The molecular formula is C24H42IN5. The van der Waals surface area contributed by atoms with E-state index in [1.165, 1.54) is 51.0 Å². The highest BCUT2D eigenvalue weighted by molar-refractivity contribution is 14.0. The summed E-state index contributed by atoms with van der Waals surface area (Å²) in [6, 6.07) is 10.9. The van der Waals surface area contributed by atoms with Crippen LogP contribution in [-0.2, 0) is 6.42 Å². The lowest BCUT2D eigenvalue weighted by atomic mass is 9.90. The summed E-state index contributed by atoms with van der Waals surface area (Å²) in [6.45, 7) is 14.5. The van der Waals surface area contributed by atoms with Crippen molar-refractivity contribution in [1.82, 2.24) is 20.0 Å². The molecule has 2 aliphatic rings. The number of nitrogens with zero attached hydrogens (tertiary/aromatic N) is 4. The fourth-order valence-corrected chi connectivity index (χ4v) is 4.49. The van der Waals surface area contributed by atoms with Gasteiger partial charge in [0, 0.05) is 58.9 Å². The average Bonchev–Trinajstić information content (AvgIpc) is 2.74. The molecule has 2 aliphatic heterocycles. The standard InChI is InChI=1S/C24H41N5.HI/c1-4-25-24(26-19-21(2)20-28-16-14-27(3)15-17-28)29-12-10-23(11-13-29)18-22-8-6-5-7-9-22;/h5-9,21,23H,4,10-20H2,1-3H3,(H,25,26);1H. The number of piperazine rings is 1. The van der Waals surface area contributed by atoms with Gasteiger partial charge in [-0.1, -0.05) is 37.3 Å². The predicted molar refractivity (Wildman–Crippen MR) is 139 cm³/mol. The van der Waals surface area contributed by atoms with Gasteiger partial charge in [-0.3, -0.25) is 4.99 Å². The van der Waals surface area contributed by atoms with E-state index in [1.807, 2.05) is 0 Å². The van der Waals surface area contributed by atoms with Crippen LogP contribution in [0.25, 0.3) is 0 Å². The van der Waals surface area contributed by atoms with E-state index >= 15 is 0 Å². The topological polar surface area (TPSA) is 34.1 Å². The SMILES string of the molecule is CCNC(=NCC(C)CN1CCN(C)CC1)N1CCC(Cc2ccccc2)CC1.I. The molecule has 2 heterocycles. The number of piperidine rings is 1. The number of likely N-dealkylation sites (tertiary alicyclic amines) is 1. The number of nitrogens with one attached hydrogen (secondary N) is 1. The molecule has 1 aromatic carbocycles. The zero-order valence-corrected chi connectivity index (χ0v) is 21.6. The molecule has 0 spiro atoms. The Hall–Kier alpha value is -0.860. The highest BCUT2D eigenvalue weighted by Gasteiger charge is 2.22. The monoisotopic (exact) mass is 527 g/mol. The first-order valence-electron chi connectivity index (χ1n) is 11.6. The van der Waals surface area contributed by atoms with Gasteiger partial charge in [-0.15, -0.1) is 24.0 Å². The highest BCUT2D eigenvalue weighted by Crippen LogP contribution is 2.21. The van der Waals surface area contributed by atoms with Crippen LogP contribution in [0.5, 0.6) is 0 Å². The normalized spacial score (nSPS) is 20.6. The van der Waals surface area contributed by atoms with Crippen molar-refractivity contribution < 1.29 is 0 Å². The number of aliphatic imine (C=N–C) groups is 1. The quantitative estimate of drug-likeness (QED) is 0.335.